The number of likely N-dealkylation sites (N-methyl/N-ethyl adjacent to an activating group) is 2. The molecule has 0 amide bonds. The van der Waals surface area contributed by atoms with Crippen LogP contribution in [0.2, 0.25) is 0 Å². The van der Waals surface area contributed by atoms with Crippen molar-refractivity contribution in [1.82, 2.24) is 10.2 Å². The van der Waals surface area contributed by atoms with Crippen LogP contribution in [0.4, 0.5) is 13.2 Å². The Hall–Kier alpha value is -0.330. The molecule has 17 heavy (non-hydrogen) atoms. The SMILES string of the molecule is CNC(CO)(CN(C)CCC(F)(F)F)C1CC1. The third-order valence-electron chi connectivity index (χ3n) is 3.47. The van der Waals surface area contributed by atoms with E-state index in [1.54, 1.807) is 19.0 Å². The molecule has 1 aliphatic carbocycles. The number of alkyl halides is 3. The number of nitrogens with one attached hydrogen (secondary N) is 1. The summed E-state index contributed by atoms with van der Waals surface area (Å²) in [7, 11) is 3.42. The number of halogens is 3. The minimum absolute atomic E-state index is 0.0281. The van der Waals surface area contributed by atoms with E-state index in [-0.39, 0.29) is 13.2 Å². The Morgan fingerprint density at radius 3 is 2.29 bits per heavy atom. The highest BCUT2D eigenvalue weighted by molar-refractivity contribution is 5.01. The Morgan fingerprint density at radius 2 is 1.94 bits per heavy atom. The summed E-state index contributed by atoms with van der Waals surface area (Å²) in [6, 6.07) is 0. The lowest BCUT2D eigenvalue weighted by molar-refractivity contribution is -0.137. The van der Waals surface area contributed by atoms with Gasteiger partial charge in [-0.05, 0) is 32.9 Å². The van der Waals surface area contributed by atoms with Crippen molar-refractivity contribution in [3.63, 3.8) is 0 Å². The first-order chi connectivity index (χ1) is 7.83. The number of aliphatic hydroxyl groups is 1. The van der Waals surface area contributed by atoms with Crippen molar-refractivity contribution in [3.05, 3.63) is 0 Å². The number of hydrogen-bond donors (Lipinski definition) is 2. The lowest BCUT2D eigenvalue weighted by atomic mass is 9.93. The van der Waals surface area contributed by atoms with E-state index in [0.717, 1.165) is 12.8 Å². The highest BCUT2D eigenvalue weighted by Gasteiger charge is 2.44. The van der Waals surface area contributed by atoms with Crippen molar-refractivity contribution >= 4 is 0 Å². The molecule has 1 atom stereocenters. The summed E-state index contributed by atoms with van der Waals surface area (Å²) in [5, 5.41) is 12.5. The molecule has 6 heteroatoms. The van der Waals surface area contributed by atoms with E-state index >= 15 is 0 Å². The molecule has 0 heterocycles. The first kappa shape index (κ1) is 14.7. The average Bonchev–Trinajstić information content (AvgIpc) is 3.06. The molecular formula is C11H21F3N2O. The van der Waals surface area contributed by atoms with Crippen LogP contribution in [-0.2, 0) is 0 Å². The fraction of sp³-hybridized carbons (Fsp3) is 1.00. The second kappa shape index (κ2) is 5.54. The topological polar surface area (TPSA) is 35.5 Å². The summed E-state index contributed by atoms with van der Waals surface area (Å²) in [5.41, 5.74) is -0.444. The Bertz CT molecular complexity index is 237. The van der Waals surface area contributed by atoms with Crippen LogP contribution >= 0.6 is 0 Å². The van der Waals surface area contributed by atoms with Gasteiger partial charge in [0.25, 0.3) is 0 Å². The fourth-order valence-electron chi connectivity index (χ4n) is 2.18. The smallest absolute Gasteiger partial charge is 0.390 e. The Kier molecular flexibility index (Phi) is 4.80. The van der Waals surface area contributed by atoms with Crippen LogP contribution in [0.25, 0.3) is 0 Å². The molecule has 0 spiro atoms. The van der Waals surface area contributed by atoms with E-state index in [4.69, 9.17) is 0 Å². The lowest BCUT2D eigenvalue weighted by Gasteiger charge is -2.36. The molecule has 0 bridgehead atoms. The molecule has 0 aliphatic heterocycles. The molecular weight excluding hydrogens is 233 g/mol. The zero-order chi connectivity index (χ0) is 13.1. The fourth-order valence-corrected chi connectivity index (χ4v) is 2.18. The highest BCUT2D eigenvalue weighted by Crippen LogP contribution is 2.39. The van der Waals surface area contributed by atoms with Gasteiger partial charge in [-0.3, -0.25) is 0 Å². The maximum absolute atomic E-state index is 12.1. The minimum atomic E-state index is -4.12. The maximum atomic E-state index is 12.1. The van der Waals surface area contributed by atoms with Crippen LogP contribution in [0, 0.1) is 5.92 Å². The standard InChI is InChI=1S/C11H21F3N2O/c1-15-10(8-17,9-3-4-9)7-16(2)6-5-11(12,13)14/h9,15,17H,3-8H2,1-2H3. The summed E-state index contributed by atoms with van der Waals surface area (Å²) in [4.78, 5) is 1.64. The van der Waals surface area contributed by atoms with Crippen LogP contribution in [0.1, 0.15) is 19.3 Å². The average molecular weight is 254 g/mol. The van der Waals surface area contributed by atoms with Gasteiger partial charge in [-0.2, -0.15) is 13.2 Å². The van der Waals surface area contributed by atoms with E-state index in [9.17, 15) is 18.3 Å². The van der Waals surface area contributed by atoms with Crippen LogP contribution in [0.15, 0.2) is 0 Å². The lowest BCUT2D eigenvalue weighted by Crippen LogP contribution is -2.56. The third kappa shape index (κ3) is 4.44. The zero-order valence-electron chi connectivity index (χ0n) is 10.3. The van der Waals surface area contributed by atoms with E-state index in [2.05, 4.69) is 5.32 Å². The van der Waals surface area contributed by atoms with Crippen LogP contribution < -0.4 is 5.32 Å². The Morgan fingerprint density at radius 1 is 1.35 bits per heavy atom. The second-order valence-electron chi connectivity index (χ2n) is 4.94. The molecule has 0 saturated heterocycles. The predicted molar refractivity (Wildman–Crippen MR) is 59.8 cm³/mol. The van der Waals surface area contributed by atoms with Crippen molar-refractivity contribution in [2.24, 2.45) is 5.92 Å². The summed E-state index contributed by atoms with van der Waals surface area (Å²) in [6.07, 6.45) is -2.85. The van der Waals surface area contributed by atoms with Gasteiger partial charge in [0.05, 0.1) is 18.6 Å². The zero-order valence-corrected chi connectivity index (χ0v) is 10.3. The second-order valence-corrected chi connectivity index (χ2v) is 4.94. The summed E-state index contributed by atoms with van der Waals surface area (Å²) in [5.74, 6) is 0.380. The van der Waals surface area contributed by atoms with Gasteiger partial charge in [-0.25, -0.2) is 0 Å². The summed E-state index contributed by atoms with van der Waals surface area (Å²) >= 11 is 0. The number of nitrogens with zero attached hydrogens (tertiary/aromatic N) is 1. The molecule has 0 aromatic heterocycles. The first-order valence-electron chi connectivity index (χ1n) is 5.88. The van der Waals surface area contributed by atoms with Gasteiger partial charge >= 0.3 is 6.18 Å². The molecule has 102 valence electrons. The molecule has 2 N–H and O–H groups in total. The third-order valence-corrected chi connectivity index (χ3v) is 3.47. The van der Waals surface area contributed by atoms with Gasteiger partial charge < -0.3 is 15.3 Å². The number of rotatable bonds is 7. The van der Waals surface area contributed by atoms with Gasteiger partial charge in [-0.15, -0.1) is 0 Å². The molecule has 1 saturated carbocycles. The van der Waals surface area contributed by atoms with E-state index in [1.165, 1.54) is 0 Å². The van der Waals surface area contributed by atoms with Crippen molar-refractivity contribution in [2.75, 3.05) is 33.8 Å². The van der Waals surface area contributed by atoms with Crippen molar-refractivity contribution in [3.8, 4) is 0 Å². The van der Waals surface area contributed by atoms with Gasteiger partial charge in [0.1, 0.15) is 0 Å². The normalized spacial score (nSPS) is 20.6. The van der Waals surface area contributed by atoms with Crippen molar-refractivity contribution < 1.29 is 18.3 Å². The first-order valence-corrected chi connectivity index (χ1v) is 5.88. The largest absolute Gasteiger partial charge is 0.394 e. The quantitative estimate of drug-likeness (QED) is 0.717. The molecule has 3 nitrogen and oxygen atoms in total. The summed E-state index contributed by atoms with van der Waals surface area (Å²) < 4.78 is 36.3. The van der Waals surface area contributed by atoms with E-state index in [0.29, 0.717) is 12.5 Å². The van der Waals surface area contributed by atoms with Crippen LogP contribution in [-0.4, -0.2) is 55.5 Å². The number of aliphatic hydroxyl groups excluding tert-OH is 1. The van der Waals surface area contributed by atoms with Gasteiger partial charge in [0.15, 0.2) is 0 Å². The molecule has 1 fully saturated rings. The molecule has 0 radical (unpaired) electrons. The molecule has 1 aliphatic rings. The Labute approximate surface area is 100.0 Å². The van der Waals surface area contributed by atoms with E-state index in [1.807, 2.05) is 0 Å². The van der Waals surface area contributed by atoms with Crippen molar-refractivity contribution in [1.29, 1.82) is 0 Å². The molecule has 1 rings (SSSR count). The molecule has 0 aromatic carbocycles. The van der Waals surface area contributed by atoms with Gasteiger partial charge in [-0.1, -0.05) is 0 Å². The van der Waals surface area contributed by atoms with Crippen LogP contribution in [0.3, 0.4) is 0 Å². The minimum Gasteiger partial charge on any atom is -0.394 e. The van der Waals surface area contributed by atoms with Crippen LogP contribution in [0.5, 0.6) is 0 Å². The van der Waals surface area contributed by atoms with E-state index < -0.39 is 18.1 Å². The predicted octanol–water partition coefficient (Wildman–Crippen LogP) is 1.23. The summed E-state index contributed by atoms with van der Waals surface area (Å²) in [6.45, 7) is 0.380. The highest BCUT2D eigenvalue weighted by atomic mass is 19.4. The monoisotopic (exact) mass is 254 g/mol. The molecule has 1 unspecified atom stereocenters. The van der Waals surface area contributed by atoms with Crippen molar-refractivity contribution in [2.45, 2.75) is 31.0 Å². The molecule has 0 aromatic rings. The number of hydrogen-bond acceptors (Lipinski definition) is 3. The van der Waals surface area contributed by atoms with Gasteiger partial charge in [0.2, 0.25) is 0 Å². The van der Waals surface area contributed by atoms with Gasteiger partial charge in [0, 0.05) is 13.1 Å². The maximum Gasteiger partial charge on any atom is 0.390 e. The Balaban J connectivity index is 2.44.